The molecule has 4 N–H and O–H groups in total. The average molecular weight is 498 g/mol. The molecule has 0 saturated carbocycles. The molecule has 1 aromatic carbocycles. The van der Waals surface area contributed by atoms with Crippen molar-refractivity contribution in [1.82, 2.24) is 20.2 Å². The normalized spacial score (nSPS) is 15.7. The fourth-order valence-electron chi connectivity index (χ4n) is 3.77. The summed E-state index contributed by atoms with van der Waals surface area (Å²) < 4.78 is 0. The number of urea groups is 1. The molecule has 34 heavy (non-hydrogen) atoms. The highest BCUT2D eigenvalue weighted by molar-refractivity contribution is 7.19. The van der Waals surface area contributed by atoms with Gasteiger partial charge >= 0.3 is 6.03 Å². The summed E-state index contributed by atoms with van der Waals surface area (Å²) in [7, 11) is 0. The van der Waals surface area contributed by atoms with Gasteiger partial charge in [-0.25, -0.2) is 14.8 Å². The van der Waals surface area contributed by atoms with E-state index in [0.29, 0.717) is 35.6 Å². The van der Waals surface area contributed by atoms with Crippen LogP contribution in [-0.2, 0) is 11.3 Å². The van der Waals surface area contributed by atoms with E-state index in [-0.39, 0.29) is 12.6 Å². The molecule has 0 spiro atoms. The van der Waals surface area contributed by atoms with Gasteiger partial charge in [-0.1, -0.05) is 41.1 Å². The molecule has 9 nitrogen and oxygen atoms in total. The molecule has 1 atom stereocenters. The lowest BCUT2D eigenvalue weighted by molar-refractivity contribution is -0.120. The van der Waals surface area contributed by atoms with Crippen LogP contribution in [0.2, 0.25) is 5.15 Å². The smallest absolute Gasteiger partial charge is 0.323 e. The van der Waals surface area contributed by atoms with E-state index in [1.165, 1.54) is 11.3 Å². The Morgan fingerprint density at radius 3 is 2.88 bits per heavy atom. The summed E-state index contributed by atoms with van der Waals surface area (Å²) in [6, 6.07) is 10.7. The van der Waals surface area contributed by atoms with Crippen molar-refractivity contribution in [2.45, 2.75) is 19.5 Å². The topological polar surface area (TPSA) is 126 Å². The number of thiazole rings is 1. The second kappa shape index (κ2) is 10.3. The predicted octanol–water partition coefficient (Wildman–Crippen LogP) is 3.33. The number of benzene rings is 1. The first-order chi connectivity index (χ1) is 16.3. The summed E-state index contributed by atoms with van der Waals surface area (Å²) in [5.41, 5.74) is 9.62. The van der Waals surface area contributed by atoms with Crippen LogP contribution in [0, 0.1) is 6.92 Å². The van der Waals surface area contributed by atoms with Crippen LogP contribution < -0.4 is 16.4 Å². The molecule has 176 valence electrons. The van der Waals surface area contributed by atoms with Crippen molar-refractivity contribution in [1.29, 1.82) is 0 Å². The maximum atomic E-state index is 12.9. The van der Waals surface area contributed by atoms with Crippen LogP contribution in [0.15, 0.2) is 41.4 Å². The molecule has 0 bridgehead atoms. The summed E-state index contributed by atoms with van der Waals surface area (Å²) in [5, 5.41) is 6.70. The maximum Gasteiger partial charge on any atom is 0.323 e. The number of piperazine rings is 1. The van der Waals surface area contributed by atoms with Crippen LogP contribution in [0.3, 0.4) is 0 Å². The number of aliphatic imine (C=N–C) groups is 1. The second-order valence-corrected chi connectivity index (χ2v) is 9.27. The molecule has 3 aromatic rings. The number of nitrogens with two attached hydrogens (primary N) is 1. The zero-order valence-electron chi connectivity index (χ0n) is 18.5. The van der Waals surface area contributed by atoms with Crippen molar-refractivity contribution in [3.8, 4) is 21.7 Å². The van der Waals surface area contributed by atoms with Gasteiger partial charge in [0.1, 0.15) is 11.2 Å². The zero-order chi connectivity index (χ0) is 24.2. The van der Waals surface area contributed by atoms with E-state index in [1.54, 1.807) is 11.0 Å². The van der Waals surface area contributed by atoms with Crippen molar-refractivity contribution < 1.29 is 9.59 Å². The molecule has 1 aliphatic heterocycles. The van der Waals surface area contributed by atoms with E-state index in [1.807, 2.05) is 37.3 Å². The fraction of sp³-hybridized carbons (Fsp3) is 0.261. The number of nitrogens with one attached hydrogen (secondary N) is 2. The highest BCUT2D eigenvalue weighted by Crippen LogP contribution is 2.40. The lowest BCUT2D eigenvalue weighted by atomic mass is 10.0. The SMILES string of the molecule is C=NCc1cccc(-c2nc(NC(=O)N3CCN[C@H](C(N)=O)C3)sc2-c2cc(C)nc(Cl)c2)c1. The molecule has 1 saturated heterocycles. The first-order valence-electron chi connectivity index (χ1n) is 10.6. The molecule has 4 rings (SSSR count). The van der Waals surface area contributed by atoms with Crippen LogP contribution in [0.1, 0.15) is 11.3 Å². The Morgan fingerprint density at radius 2 is 2.15 bits per heavy atom. The van der Waals surface area contributed by atoms with Gasteiger partial charge < -0.3 is 16.0 Å². The third-order valence-corrected chi connectivity index (χ3v) is 6.54. The van der Waals surface area contributed by atoms with E-state index < -0.39 is 11.9 Å². The second-order valence-electron chi connectivity index (χ2n) is 7.88. The molecule has 2 aromatic heterocycles. The van der Waals surface area contributed by atoms with Crippen molar-refractivity contribution in [3.63, 3.8) is 0 Å². The number of aromatic nitrogens is 2. The first-order valence-corrected chi connectivity index (χ1v) is 11.8. The molecular weight excluding hydrogens is 474 g/mol. The molecule has 11 heteroatoms. The Balaban J connectivity index is 1.69. The molecule has 3 amide bonds. The lowest BCUT2D eigenvalue weighted by Gasteiger charge is -2.31. The number of hydrogen-bond acceptors (Lipinski definition) is 7. The Morgan fingerprint density at radius 1 is 1.32 bits per heavy atom. The molecule has 0 aliphatic carbocycles. The highest BCUT2D eigenvalue weighted by atomic mass is 35.5. The number of aryl methyl sites for hydroxylation is 1. The minimum absolute atomic E-state index is 0.196. The van der Waals surface area contributed by atoms with Gasteiger partial charge in [0.25, 0.3) is 0 Å². The first kappa shape index (κ1) is 23.8. The molecule has 3 heterocycles. The molecule has 1 aliphatic rings. The zero-order valence-corrected chi connectivity index (χ0v) is 20.1. The number of carbonyl (C=O) groups is 2. The number of anilines is 1. The van der Waals surface area contributed by atoms with Crippen molar-refractivity contribution >= 4 is 46.7 Å². The van der Waals surface area contributed by atoms with Crippen LogP contribution in [0.4, 0.5) is 9.93 Å². The molecule has 0 unspecified atom stereocenters. The van der Waals surface area contributed by atoms with E-state index in [4.69, 9.17) is 22.3 Å². The number of carbonyl (C=O) groups excluding carboxylic acids is 2. The monoisotopic (exact) mass is 497 g/mol. The Kier molecular flexibility index (Phi) is 7.20. The molecular formula is C23H24ClN7O2S. The summed E-state index contributed by atoms with van der Waals surface area (Å²) >= 11 is 7.57. The Bertz CT molecular complexity index is 1230. The van der Waals surface area contributed by atoms with E-state index in [0.717, 1.165) is 27.3 Å². The van der Waals surface area contributed by atoms with Crippen LogP contribution in [0.5, 0.6) is 0 Å². The van der Waals surface area contributed by atoms with Gasteiger partial charge in [-0.05, 0) is 43.0 Å². The number of hydrogen-bond donors (Lipinski definition) is 3. The number of nitrogens with zero attached hydrogens (tertiary/aromatic N) is 4. The van der Waals surface area contributed by atoms with Gasteiger partial charge in [-0.3, -0.25) is 15.1 Å². The third-order valence-electron chi connectivity index (χ3n) is 5.33. The minimum Gasteiger partial charge on any atom is -0.368 e. The summed E-state index contributed by atoms with van der Waals surface area (Å²) in [5.74, 6) is -0.491. The van der Waals surface area contributed by atoms with Gasteiger partial charge in [0.05, 0.1) is 17.1 Å². The number of pyridine rings is 1. The third kappa shape index (κ3) is 5.41. The van der Waals surface area contributed by atoms with Gasteiger partial charge in [0, 0.05) is 30.9 Å². The maximum absolute atomic E-state index is 12.9. The minimum atomic E-state index is -0.579. The van der Waals surface area contributed by atoms with E-state index in [2.05, 4.69) is 27.3 Å². The average Bonchev–Trinajstić information content (AvgIpc) is 3.23. The van der Waals surface area contributed by atoms with E-state index in [9.17, 15) is 9.59 Å². The van der Waals surface area contributed by atoms with Crippen LogP contribution >= 0.6 is 22.9 Å². The van der Waals surface area contributed by atoms with E-state index >= 15 is 0 Å². The predicted molar refractivity (Wildman–Crippen MR) is 135 cm³/mol. The Hall–Kier alpha value is -3.34. The van der Waals surface area contributed by atoms with Crippen LogP contribution in [-0.4, -0.2) is 59.2 Å². The Labute approximate surface area is 206 Å². The van der Waals surface area contributed by atoms with Gasteiger partial charge in [-0.15, -0.1) is 0 Å². The lowest BCUT2D eigenvalue weighted by Crippen LogP contribution is -2.58. The van der Waals surface area contributed by atoms with Crippen molar-refractivity contribution in [3.05, 3.63) is 52.8 Å². The van der Waals surface area contributed by atoms with Crippen LogP contribution in [0.25, 0.3) is 21.7 Å². The quantitative estimate of drug-likeness (QED) is 0.356. The fourth-order valence-corrected chi connectivity index (χ4v) is 4.98. The number of primary amides is 1. The molecule has 0 radical (unpaired) electrons. The summed E-state index contributed by atoms with van der Waals surface area (Å²) in [4.78, 5) is 39.8. The summed E-state index contributed by atoms with van der Waals surface area (Å²) in [6.07, 6.45) is 0. The highest BCUT2D eigenvalue weighted by Gasteiger charge is 2.27. The van der Waals surface area contributed by atoms with Gasteiger partial charge in [-0.2, -0.15) is 0 Å². The van der Waals surface area contributed by atoms with Gasteiger partial charge in [0.2, 0.25) is 5.91 Å². The number of amides is 3. The largest absolute Gasteiger partial charge is 0.368 e. The van der Waals surface area contributed by atoms with Gasteiger partial charge in [0.15, 0.2) is 5.13 Å². The number of halogens is 1. The summed E-state index contributed by atoms with van der Waals surface area (Å²) in [6.45, 7) is 7.06. The van der Waals surface area contributed by atoms with Crippen molar-refractivity contribution in [2.24, 2.45) is 10.7 Å². The standard InChI is InChI=1S/C23H24ClN7O2S/c1-13-8-16(10-18(24)28-13)20-19(15-5-3-4-14(9-15)11-26-2)29-22(34-20)30-23(33)31-7-6-27-17(12-31)21(25)32/h3-5,8-10,17,27H,2,6-7,11-12H2,1H3,(H2,25,32)(H,29,30,33)/t17-/m0/s1. The van der Waals surface area contributed by atoms with Crippen molar-refractivity contribution in [2.75, 3.05) is 25.0 Å². The number of rotatable bonds is 6. The molecule has 1 fully saturated rings.